The number of nitrogens with one attached hydrogen (secondary N) is 1. The van der Waals surface area contributed by atoms with Gasteiger partial charge in [0.25, 0.3) is 0 Å². The summed E-state index contributed by atoms with van der Waals surface area (Å²) in [5, 5.41) is 3.77. The van der Waals surface area contributed by atoms with Crippen LogP contribution in [0.3, 0.4) is 0 Å². The maximum atomic E-state index is 3.77. The first-order valence-electron chi connectivity index (χ1n) is 8.14. The van der Waals surface area contributed by atoms with E-state index in [1.165, 1.54) is 33.5 Å². The highest BCUT2D eigenvalue weighted by molar-refractivity contribution is 5.79. The zero-order valence-corrected chi connectivity index (χ0v) is 12.7. The maximum absolute atomic E-state index is 3.77. The van der Waals surface area contributed by atoms with E-state index in [-0.39, 0.29) is 0 Å². The molecule has 0 spiro atoms. The Labute approximate surface area is 136 Å². The third kappa shape index (κ3) is 1.86. The number of rotatable bonds is 1. The molecule has 0 radical (unpaired) electrons. The van der Waals surface area contributed by atoms with E-state index < -0.39 is 0 Å². The summed E-state index contributed by atoms with van der Waals surface area (Å²) >= 11 is 0. The predicted octanol–water partition coefficient (Wildman–Crippen LogP) is 5.14. The fourth-order valence-corrected chi connectivity index (χ4v) is 3.97. The van der Waals surface area contributed by atoms with Crippen LogP contribution in [0.25, 0.3) is 16.8 Å². The van der Waals surface area contributed by atoms with Gasteiger partial charge in [-0.3, -0.25) is 0 Å². The Morgan fingerprint density at radius 1 is 0.609 bits per heavy atom. The van der Waals surface area contributed by atoms with Crippen molar-refractivity contribution in [1.29, 1.82) is 0 Å². The summed E-state index contributed by atoms with van der Waals surface area (Å²) in [7, 11) is 0. The highest BCUT2D eigenvalue weighted by Gasteiger charge is 2.36. The zero-order valence-electron chi connectivity index (χ0n) is 12.7. The Morgan fingerprint density at radius 3 is 2.00 bits per heavy atom. The molecule has 1 nitrogen and oxygen atoms in total. The molecule has 0 aromatic heterocycles. The Kier molecular flexibility index (Phi) is 2.68. The van der Waals surface area contributed by atoms with Gasteiger partial charge in [0.05, 0.1) is 6.04 Å². The van der Waals surface area contributed by atoms with E-state index in [0.717, 1.165) is 0 Å². The first-order chi connectivity index (χ1) is 11.4. The van der Waals surface area contributed by atoms with Crippen LogP contribution in [-0.4, -0.2) is 0 Å². The SMILES string of the molecule is C1=C(c2ccccc2)NC2c3ccccc3-c3ccccc3C12. The van der Waals surface area contributed by atoms with Gasteiger partial charge in [0, 0.05) is 11.6 Å². The largest absolute Gasteiger partial charge is 0.377 e. The monoisotopic (exact) mass is 295 g/mol. The van der Waals surface area contributed by atoms with Crippen molar-refractivity contribution in [3.8, 4) is 11.1 Å². The van der Waals surface area contributed by atoms with E-state index in [2.05, 4.69) is 90.3 Å². The van der Waals surface area contributed by atoms with Crippen LogP contribution in [-0.2, 0) is 0 Å². The van der Waals surface area contributed by atoms with Crippen LogP contribution < -0.4 is 5.32 Å². The average molecular weight is 295 g/mol. The predicted molar refractivity (Wildman–Crippen MR) is 94.9 cm³/mol. The third-order valence-corrected chi connectivity index (χ3v) is 5.01. The van der Waals surface area contributed by atoms with Crippen molar-refractivity contribution >= 4 is 5.70 Å². The molecule has 0 fully saturated rings. The lowest BCUT2D eigenvalue weighted by Crippen LogP contribution is -2.22. The molecule has 1 heterocycles. The summed E-state index contributed by atoms with van der Waals surface area (Å²) in [5.74, 6) is 0.399. The number of benzene rings is 3. The molecular formula is C22H17N. The average Bonchev–Trinajstić information content (AvgIpc) is 3.09. The normalized spacial score (nSPS) is 20.8. The molecule has 1 aliphatic carbocycles. The zero-order chi connectivity index (χ0) is 15.2. The van der Waals surface area contributed by atoms with Gasteiger partial charge >= 0.3 is 0 Å². The summed E-state index contributed by atoms with van der Waals surface area (Å²) in [6.07, 6.45) is 2.40. The van der Waals surface area contributed by atoms with E-state index in [1.807, 2.05) is 0 Å². The fraction of sp³-hybridized carbons (Fsp3) is 0.0909. The summed E-state index contributed by atoms with van der Waals surface area (Å²) in [5.41, 5.74) is 8.06. The van der Waals surface area contributed by atoms with Gasteiger partial charge in [-0.2, -0.15) is 0 Å². The minimum Gasteiger partial charge on any atom is -0.377 e. The molecule has 0 saturated heterocycles. The molecule has 0 amide bonds. The lowest BCUT2D eigenvalue weighted by atomic mass is 9.76. The van der Waals surface area contributed by atoms with Gasteiger partial charge in [0.15, 0.2) is 0 Å². The van der Waals surface area contributed by atoms with Crippen molar-refractivity contribution in [3.63, 3.8) is 0 Å². The number of fused-ring (bicyclic) bond motifs is 6. The minimum absolute atomic E-state index is 0.330. The van der Waals surface area contributed by atoms with Crippen LogP contribution in [0.5, 0.6) is 0 Å². The van der Waals surface area contributed by atoms with Crippen LogP contribution in [0.2, 0.25) is 0 Å². The third-order valence-electron chi connectivity index (χ3n) is 5.01. The molecule has 1 N–H and O–H groups in total. The van der Waals surface area contributed by atoms with Crippen LogP contribution in [0.4, 0.5) is 0 Å². The summed E-state index contributed by atoms with van der Waals surface area (Å²) in [6.45, 7) is 0. The van der Waals surface area contributed by atoms with E-state index >= 15 is 0 Å². The molecule has 0 saturated carbocycles. The molecule has 23 heavy (non-hydrogen) atoms. The van der Waals surface area contributed by atoms with Gasteiger partial charge in [-0.05, 0) is 27.8 Å². The quantitative estimate of drug-likeness (QED) is 0.655. The van der Waals surface area contributed by atoms with Crippen molar-refractivity contribution < 1.29 is 0 Å². The van der Waals surface area contributed by atoms with Crippen molar-refractivity contribution in [2.75, 3.05) is 0 Å². The minimum atomic E-state index is 0.330. The highest BCUT2D eigenvalue weighted by Crippen LogP contribution is 2.50. The molecule has 3 aromatic carbocycles. The molecule has 110 valence electrons. The van der Waals surface area contributed by atoms with Crippen LogP contribution in [0.15, 0.2) is 84.9 Å². The van der Waals surface area contributed by atoms with Crippen LogP contribution in [0.1, 0.15) is 28.7 Å². The van der Waals surface area contributed by atoms with E-state index in [0.29, 0.717) is 12.0 Å². The molecule has 2 aliphatic rings. The van der Waals surface area contributed by atoms with Crippen molar-refractivity contribution in [1.82, 2.24) is 5.32 Å². The second-order valence-electron chi connectivity index (χ2n) is 6.27. The van der Waals surface area contributed by atoms with Gasteiger partial charge in [0.2, 0.25) is 0 Å². The first kappa shape index (κ1) is 12.7. The smallest absolute Gasteiger partial charge is 0.0624 e. The topological polar surface area (TPSA) is 12.0 Å². The first-order valence-corrected chi connectivity index (χ1v) is 8.14. The molecule has 1 heteroatoms. The van der Waals surface area contributed by atoms with E-state index in [4.69, 9.17) is 0 Å². The summed E-state index contributed by atoms with van der Waals surface area (Å²) in [4.78, 5) is 0. The van der Waals surface area contributed by atoms with Crippen LogP contribution >= 0.6 is 0 Å². The Morgan fingerprint density at radius 2 is 1.22 bits per heavy atom. The lowest BCUT2D eigenvalue weighted by molar-refractivity contribution is 0.603. The number of hydrogen-bond donors (Lipinski definition) is 1. The standard InChI is InChI=1S/C22H17N/c1-2-8-15(9-3-1)21-14-20-18-12-5-4-10-16(18)17-11-6-7-13-19(17)22(20)23-21/h1-14,20,22-23H. The van der Waals surface area contributed by atoms with Crippen molar-refractivity contribution in [3.05, 3.63) is 102 Å². The second kappa shape index (κ2) is 4.85. The van der Waals surface area contributed by atoms with Gasteiger partial charge < -0.3 is 5.32 Å². The lowest BCUT2D eigenvalue weighted by Gasteiger charge is -2.31. The second-order valence-corrected chi connectivity index (χ2v) is 6.27. The van der Waals surface area contributed by atoms with Crippen LogP contribution in [0, 0.1) is 0 Å². The Bertz CT molecular complexity index is 908. The molecule has 1 aliphatic heterocycles. The molecule has 2 atom stereocenters. The molecule has 5 rings (SSSR count). The highest BCUT2D eigenvalue weighted by atomic mass is 15.0. The summed E-state index contributed by atoms with van der Waals surface area (Å²) in [6, 6.07) is 28.5. The van der Waals surface area contributed by atoms with Gasteiger partial charge in [-0.1, -0.05) is 84.9 Å². The number of hydrogen-bond acceptors (Lipinski definition) is 1. The van der Waals surface area contributed by atoms with E-state index in [9.17, 15) is 0 Å². The maximum Gasteiger partial charge on any atom is 0.0624 e. The van der Waals surface area contributed by atoms with Crippen molar-refractivity contribution in [2.45, 2.75) is 12.0 Å². The van der Waals surface area contributed by atoms with Gasteiger partial charge in [0.1, 0.15) is 0 Å². The Balaban J connectivity index is 1.70. The van der Waals surface area contributed by atoms with Gasteiger partial charge in [-0.15, -0.1) is 0 Å². The fourth-order valence-electron chi connectivity index (χ4n) is 3.97. The van der Waals surface area contributed by atoms with Crippen molar-refractivity contribution in [2.24, 2.45) is 0 Å². The molecule has 3 aromatic rings. The molecule has 2 unspecified atom stereocenters. The molecule has 0 bridgehead atoms. The molecular weight excluding hydrogens is 278 g/mol. The Hall–Kier alpha value is -2.80. The van der Waals surface area contributed by atoms with E-state index in [1.54, 1.807) is 0 Å². The summed E-state index contributed by atoms with van der Waals surface area (Å²) < 4.78 is 0. The van der Waals surface area contributed by atoms with Gasteiger partial charge in [-0.25, -0.2) is 0 Å².